The minimum absolute atomic E-state index is 0.494. The summed E-state index contributed by atoms with van der Waals surface area (Å²) in [6, 6.07) is 0.494. The van der Waals surface area contributed by atoms with E-state index in [1.54, 1.807) is 0 Å². The molecule has 1 aliphatic rings. The maximum Gasteiger partial charge on any atom is 0.00450 e. The van der Waals surface area contributed by atoms with E-state index < -0.39 is 0 Å². The van der Waals surface area contributed by atoms with Crippen LogP contribution in [0.2, 0.25) is 0 Å². The van der Waals surface area contributed by atoms with Crippen molar-refractivity contribution in [3.63, 3.8) is 0 Å². The molecule has 0 spiro atoms. The highest BCUT2D eigenvalue weighted by atomic mass is 15.1. The molecule has 0 atom stereocenters. The summed E-state index contributed by atoms with van der Waals surface area (Å²) in [7, 11) is 4.23. The van der Waals surface area contributed by atoms with Gasteiger partial charge >= 0.3 is 0 Å². The van der Waals surface area contributed by atoms with Gasteiger partial charge in [-0.15, -0.1) is 0 Å². The molecule has 1 aliphatic carbocycles. The van der Waals surface area contributed by atoms with Crippen LogP contribution in [0.4, 0.5) is 0 Å². The van der Waals surface area contributed by atoms with Gasteiger partial charge in [-0.1, -0.05) is 0 Å². The number of rotatable bonds is 6. The molecule has 0 aliphatic heterocycles. The Balaban J connectivity index is 1.79. The quantitative estimate of drug-likeness (QED) is 0.583. The van der Waals surface area contributed by atoms with Crippen molar-refractivity contribution in [1.82, 2.24) is 10.2 Å². The van der Waals surface area contributed by atoms with Crippen LogP contribution in [0.5, 0.6) is 0 Å². The van der Waals surface area contributed by atoms with E-state index in [0.29, 0.717) is 6.04 Å². The highest BCUT2D eigenvalue weighted by molar-refractivity contribution is 4.83. The molecule has 1 fully saturated rings. The summed E-state index contributed by atoms with van der Waals surface area (Å²) < 4.78 is 0. The van der Waals surface area contributed by atoms with Crippen molar-refractivity contribution in [3.05, 3.63) is 0 Å². The van der Waals surface area contributed by atoms with Crippen molar-refractivity contribution in [2.45, 2.75) is 25.3 Å². The highest BCUT2D eigenvalue weighted by Gasteiger charge is 2.24. The van der Waals surface area contributed by atoms with Gasteiger partial charge in [0.05, 0.1) is 0 Å². The van der Waals surface area contributed by atoms with Gasteiger partial charge in [0.2, 0.25) is 0 Å². The van der Waals surface area contributed by atoms with Gasteiger partial charge in [0, 0.05) is 6.04 Å². The van der Waals surface area contributed by atoms with Gasteiger partial charge in [-0.3, -0.25) is 0 Å². The van der Waals surface area contributed by atoms with E-state index in [4.69, 9.17) is 5.73 Å². The van der Waals surface area contributed by atoms with Gasteiger partial charge in [-0.25, -0.2) is 0 Å². The topological polar surface area (TPSA) is 41.3 Å². The Morgan fingerprint density at radius 1 is 1.38 bits per heavy atom. The Labute approximate surface area is 81.7 Å². The maximum atomic E-state index is 5.70. The van der Waals surface area contributed by atoms with Crippen LogP contribution < -0.4 is 11.1 Å². The summed E-state index contributed by atoms with van der Waals surface area (Å²) in [5.41, 5.74) is 5.70. The molecule has 3 heteroatoms. The van der Waals surface area contributed by atoms with E-state index in [0.717, 1.165) is 12.5 Å². The molecule has 0 unspecified atom stereocenters. The van der Waals surface area contributed by atoms with E-state index in [2.05, 4.69) is 24.3 Å². The Morgan fingerprint density at radius 2 is 2.08 bits per heavy atom. The van der Waals surface area contributed by atoms with Crippen molar-refractivity contribution < 1.29 is 0 Å². The first kappa shape index (κ1) is 11.0. The standard InChI is InChI=1S/C10H23N3/c1-13(2)5-3-4-12-8-9-6-10(11)7-9/h9-10,12H,3-8,11H2,1-2H3. The molecule has 3 N–H and O–H groups in total. The third kappa shape index (κ3) is 4.60. The molecule has 0 bridgehead atoms. The molecule has 0 heterocycles. The lowest BCUT2D eigenvalue weighted by atomic mass is 9.81. The normalized spacial score (nSPS) is 27.7. The van der Waals surface area contributed by atoms with Crippen LogP contribution in [0.3, 0.4) is 0 Å². The van der Waals surface area contributed by atoms with E-state index in [1.165, 1.54) is 32.4 Å². The van der Waals surface area contributed by atoms with Crippen LogP contribution >= 0.6 is 0 Å². The Kier molecular flexibility index (Phi) is 4.70. The molecule has 0 amide bonds. The molecule has 0 radical (unpaired) electrons. The van der Waals surface area contributed by atoms with Crippen LogP contribution in [0.25, 0.3) is 0 Å². The zero-order valence-corrected chi connectivity index (χ0v) is 8.92. The van der Waals surface area contributed by atoms with Gasteiger partial charge in [0.25, 0.3) is 0 Å². The van der Waals surface area contributed by atoms with E-state index >= 15 is 0 Å². The lowest BCUT2D eigenvalue weighted by Crippen LogP contribution is -2.41. The first-order valence-corrected chi connectivity index (χ1v) is 5.29. The second kappa shape index (κ2) is 5.58. The van der Waals surface area contributed by atoms with Crippen LogP contribution in [0.1, 0.15) is 19.3 Å². The fourth-order valence-corrected chi connectivity index (χ4v) is 1.78. The van der Waals surface area contributed by atoms with Gasteiger partial charge in [0.15, 0.2) is 0 Å². The van der Waals surface area contributed by atoms with Crippen molar-refractivity contribution in [2.24, 2.45) is 11.7 Å². The maximum absolute atomic E-state index is 5.70. The molecule has 78 valence electrons. The van der Waals surface area contributed by atoms with E-state index in [-0.39, 0.29) is 0 Å². The molecule has 3 nitrogen and oxygen atoms in total. The number of nitrogens with one attached hydrogen (secondary N) is 1. The number of hydrogen-bond donors (Lipinski definition) is 2. The predicted molar refractivity (Wildman–Crippen MR) is 56.7 cm³/mol. The Hall–Kier alpha value is -0.120. The molecular formula is C10H23N3. The SMILES string of the molecule is CN(C)CCCNCC1CC(N)C1. The first-order valence-electron chi connectivity index (χ1n) is 5.29. The third-order valence-electron chi connectivity index (χ3n) is 2.66. The second-order valence-corrected chi connectivity index (χ2v) is 4.46. The summed E-state index contributed by atoms with van der Waals surface area (Å²) in [5.74, 6) is 0.856. The van der Waals surface area contributed by atoms with Crippen molar-refractivity contribution in [1.29, 1.82) is 0 Å². The van der Waals surface area contributed by atoms with Crippen LogP contribution in [0.15, 0.2) is 0 Å². The van der Waals surface area contributed by atoms with E-state index in [1.807, 2.05) is 0 Å². The number of nitrogens with two attached hydrogens (primary N) is 1. The first-order chi connectivity index (χ1) is 6.18. The summed E-state index contributed by atoms with van der Waals surface area (Å²) in [5, 5.41) is 3.48. The predicted octanol–water partition coefficient (Wildman–Crippen LogP) is 0.265. The zero-order valence-electron chi connectivity index (χ0n) is 8.92. The largest absolute Gasteiger partial charge is 0.328 e. The molecule has 13 heavy (non-hydrogen) atoms. The van der Waals surface area contributed by atoms with Crippen molar-refractivity contribution in [3.8, 4) is 0 Å². The third-order valence-corrected chi connectivity index (χ3v) is 2.66. The Bertz CT molecular complexity index is 130. The van der Waals surface area contributed by atoms with Gasteiger partial charge in [-0.2, -0.15) is 0 Å². The molecule has 1 rings (SSSR count). The highest BCUT2D eigenvalue weighted by Crippen LogP contribution is 2.24. The summed E-state index contributed by atoms with van der Waals surface area (Å²) >= 11 is 0. The Morgan fingerprint density at radius 3 is 2.62 bits per heavy atom. The fraction of sp³-hybridized carbons (Fsp3) is 1.00. The lowest BCUT2D eigenvalue weighted by molar-refractivity contribution is 0.255. The molecule has 0 aromatic carbocycles. The average Bonchev–Trinajstić information content (AvgIpc) is 1.99. The van der Waals surface area contributed by atoms with Gasteiger partial charge in [-0.05, 0) is 58.9 Å². The van der Waals surface area contributed by atoms with Crippen LogP contribution in [0, 0.1) is 5.92 Å². The molecule has 0 aromatic heterocycles. The average molecular weight is 185 g/mol. The molecule has 0 aromatic rings. The zero-order chi connectivity index (χ0) is 9.68. The smallest absolute Gasteiger partial charge is 0.00450 e. The summed E-state index contributed by atoms with van der Waals surface area (Å²) in [6.07, 6.45) is 3.69. The van der Waals surface area contributed by atoms with E-state index in [9.17, 15) is 0 Å². The number of nitrogens with zero attached hydrogens (tertiary/aromatic N) is 1. The van der Waals surface area contributed by atoms with Crippen molar-refractivity contribution in [2.75, 3.05) is 33.7 Å². The van der Waals surface area contributed by atoms with Gasteiger partial charge in [0.1, 0.15) is 0 Å². The van der Waals surface area contributed by atoms with Crippen molar-refractivity contribution >= 4 is 0 Å². The second-order valence-electron chi connectivity index (χ2n) is 4.46. The minimum atomic E-state index is 0.494. The van der Waals surface area contributed by atoms with Gasteiger partial charge < -0.3 is 16.0 Å². The lowest BCUT2D eigenvalue weighted by Gasteiger charge is -2.32. The summed E-state index contributed by atoms with van der Waals surface area (Å²) in [6.45, 7) is 3.49. The number of hydrogen-bond acceptors (Lipinski definition) is 3. The molecule has 1 saturated carbocycles. The fourth-order valence-electron chi connectivity index (χ4n) is 1.78. The van der Waals surface area contributed by atoms with Crippen LogP contribution in [-0.2, 0) is 0 Å². The summed E-state index contributed by atoms with van der Waals surface area (Å²) in [4.78, 5) is 2.22. The molecular weight excluding hydrogens is 162 g/mol. The monoisotopic (exact) mass is 185 g/mol. The minimum Gasteiger partial charge on any atom is -0.328 e. The van der Waals surface area contributed by atoms with Crippen LogP contribution in [-0.4, -0.2) is 44.7 Å². The molecule has 0 saturated heterocycles.